The van der Waals surface area contributed by atoms with E-state index in [1.165, 1.54) is 29.0 Å². The van der Waals surface area contributed by atoms with Crippen LogP contribution < -0.4 is 4.90 Å². The standard InChI is InChI=1S/C15H15N5S/c1-3-10-11(4-1)17-14(19-6-2-7-19)18-13(10)12-9-20-8-5-16-15(20)21-12/h5,8-9H,1-4,6-7H2. The number of imidazole rings is 1. The van der Waals surface area contributed by atoms with Crippen LogP contribution in [0.4, 0.5) is 5.95 Å². The van der Waals surface area contributed by atoms with Crippen LogP contribution >= 0.6 is 11.3 Å². The number of aromatic nitrogens is 4. The Kier molecular flexibility index (Phi) is 2.38. The van der Waals surface area contributed by atoms with Gasteiger partial charge in [-0.05, 0) is 25.7 Å². The number of anilines is 1. The molecule has 5 rings (SSSR count). The smallest absolute Gasteiger partial charge is 0.226 e. The van der Waals surface area contributed by atoms with E-state index in [4.69, 9.17) is 9.97 Å². The van der Waals surface area contributed by atoms with Gasteiger partial charge >= 0.3 is 0 Å². The van der Waals surface area contributed by atoms with E-state index in [-0.39, 0.29) is 0 Å². The summed E-state index contributed by atoms with van der Waals surface area (Å²) >= 11 is 1.71. The van der Waals surface area contributed by atoms with Gasteiger partial charge in [0, 0.05) is 42.9 Å². The molecule has 1 saturated heterocycles. The highest BCUT2D eigenvalue weighted by atomic mass is 32.1. The Labute approximate surface area is 126 Å². The average Bonchev–Trinajstić information content (AvgIpc) is 3.10. The Bertz CT molecular complexity index is 801. The van der Waals surface area contributed by atoms with E-state index in [0.29, 0.717) is 0 Å². The third-order valence-corrected chi connectivity index (χ3v) is 5.40. The predicted octanol–water partition coefficient (Wildman–Crippen LogP) is 2.55. The molecule has 0 aromatic carbocycles. The van der Waals surface area contributed by atoms with Crippen LogP contribution in [-0.4, -0.2) is 32.4 Å². The minimum Gasteiger partial charge on any atom is -0.341 e. The van der Waals surface area contributed by atoms with Crippen molar-refractivity contribution >= 4 is 22.2 Å². The quantitative estimate of drug-likeness (QED) is 0.729. The summed E-state index contributed by atoms with van der Waals surface area (Å²) in [5, 5.41) is 0. The number of rotatable bonds is 2. The monoisotopic (exact) mass is 297 g/mol. The molecule has 0 amide bonds. The van der Waals surface area contributed by atoms with Gasteiger partial charge in [-0.1, -0.05) is 11.3 Å². The molecule has 0 saturated carbocycles. The normalized spacial score (nSPS) is 17.2. The third-order valence-electron chi connectivity index (χ3n) is 4.38. The summed E-state index contributed by atoms with van der Waals surface area (Å²) in [4.78, 5) is 18.6. The van der Waals surface area contributed by atoms with E-state index in [1.807, 2.05) is 12.4 Å². The summed E-state index contributed by atoms with van der Waals surface area (Å²) in [5.41, 5.74) is 3.74. The molecule has 3 aromatic heterocycles. The van der Waals surface area contributed by atoms with Crippen molar-refractivity contribution in [3.05, 3.63) is 29.8 Å². The Morgan fingerprint density at radius 1 is 1.10 bits per heavy atom. The molecule has 106 valence electrons. The van der Waals surface area contributed by atoms with Gasteiger partial charge in [-0.15, -0.1) is 0 Å². The van der Waals surface area contributed by atoms with Crippen LogP contribution in [0.15, 0.2) is 18.6 Å². The zero-order valence-corrected chi connectivity index (χ0v) is 12.4. The predicted molar refractivity (Wildman–Crippen MR) is 83.0 cm³/mol. The molecule has 0 spiro atoms. The summed E-state index contributed by atoms with van der Waals surface area (Å²) in [6.07, 6.45) is 10.6. The largest absolute Gasteiger partial charge is 0.341 e. The Balaban J connectivity index is 1.70. The zero-order valence-electron chi connectivity index (χ0n) is 11.6. The number of hydrogen-bond acceptors (Lipinski definition) is 5. The van der Waals surface area contributed by atoms with E-state index >= 15 is 0 Å². The van der Waals surface area contributed by atoms with Crippen LogP contribution in [0, 0.1) is 0 Å². The SMILES string of the molecule is c1cn2cc(-c3nc(N4CCC4)nc4c3CCC4)sc2n1. The van der Waals surface area contributed by atoms with Crippen molar-refractivity contribution in [2.24, 2.45) is 0 Å². The molecule has 1 fully saturated rings. The zero-order chi connectivity index (χ0) is 13.8. The molecule has 0 unspecified atom stereocenters. The summed E-state index contributed by atoms with van der Waals surface area (Å²) in [6, 6.07) is 0. The fourth-order valence-electron chi connectivity index (χ4n) is 3.12. The van der Waals surface area contributed by atoms with Gasteiger partial charge < -0.3 is 4.90 Å². The van der Waals surface area contributed by atoms with E-state index < -0.39 is 0 Å². The number of fused-ring (bicyclic) bond motifs is 2. The van der Waals surface area contributed by atoms with Gasteiger partial charge in [0.15, 0.2) is 4.96 Å². The number of nitrogens with zero attached hydrogens (tertiary/aromatic N) is 5. The molecule has 6 heteroatoms. The molecule has 1 aliphatic heterocycles. The van der Waals surface area contributed by atoms with Crippen molar-refractivity contribution < 1.29 is 0 Å². The first-order chi connectivity index (χ1) is 10.4. The highest BCUT2D eigenvalue weighted by Gasteiger charge is 2.25. The topological polar surface area (TPSA) is 46.3 Å². The molecule has 0 N–H and O–H groups in total. The van der Waals surface area contributed by atoms with Gasteiger partial charge in [0.05, 0.1) is 10.6 Å². The van der Waals surface area contributed by atoms with Crippen molar-refractivity contribution in [1.82, 2.24) is 19.4 Å². The second-order valence-corrected chi connectivity index (χ2v) is 6.71. The molecular formula is C15H15N5S. The maximum atomic E-state index is 4.90. The van der Waals surface area contributed by atoms with Gasteiger partial charge in [-0.2, -0.15) is 0 Å². The van der Waals surface area contributed by atoms with Crippen LogP contribution in [-0.2, 0) is 12.8 Å². The summed E-state index contributed by atoms with van der Waals surface area (Å²) in [5.74, 6) is 0.919. The summed E-state index contributed by atoms with van der Waals surface area (Å²) < 4.78 is 2.08. The lowest BCUT2D eigenvalue weighted by molar-refractivity contribution is 0.599. The van der Waals surface area contributed by atoms with E-state index in [1.54, 1.807) is 11.3 Å². The minimum absolute atomic E-state index is 0.919. The molecule has 0 atom stereocenters. The molecular weight excluding hydrogens is 282 g/mol. The van der Waals surface area contributed by atoms with Gasteiger partial charge in [0.1, 0.15) is 0 Å². The van der Waals surface area contributed by atoms with Crippen LogP contribution in [0.3, 0.4) is 0 Å². The van der Waals surface area contributed by atoms with Crippen molar-refractivity contribution in [1.29, 1.82) is 0 Å². The van der Waals surface area contributed by atoms with Crippen molar-refractivity contribution in [2.45, 2.75) is 25.7 Å². The average molecular weight is 297 g/mol. The maximum Gasteiger partial charge on any atom is 0.226 e. The lowest BCUT2D eigenvalue weighted by Crippen LogP contribution is -2.38. The van der Waals surface area contributed by atoms with Gasteiger partial charge in [-0.3, -0.25) is 4.40 Å². The van der Waals surface area contributed by atoms with E-state index in [2.05, 4.69) is 20.5 Å². The van der Waals surface area contributed by atoms with Crippen LogP contribution in [0.2, 0.25) is 0 Å². The lowest BCUT2D eigenvalue weighted by Gasteiger charge is -2.31. The Morgan fingerprint density at radius 3 is 2.86 bits per heavy atom. The first kappa shape index (κ1) is 11.7. The molecule has 0 bridgehead atoms. The van der Waals surface area contributed by atoms with Gasteiger partial charge in [-0.25, -0.2) is 15.0 Å². The second kappa shape index (κ2) is 4.27. The van der Waals surface area contributed by atoms with E-state index in [9.17, 15) is 0 Å². The van der Waals surface area contributed by atoms with Crippen molar-refractivity contribution in [3.63, 3.8) is 0 Å². The molecule has 2 aliphatic rings. The molecule has 5 nitrogen and oxygen atoms in total. The molecule has 21 heavy (non-hydrogen) atoms. The number of thiazole rings is 1. The Morgan fingerprint density at radius 2 is 2.05 bits per heavy atom. The van der Waals surface area contributed by atoms with E-state index in [0.717, 1.165) is 42.5 Å². The first-order valence-corrected chi connectivity index (χ1v) is 8.28. The van der Waals surface area contributed by atoms with Crippen LogP contribution in [0.1, 0.15) is 24.1 Å². The number of hydrogen-bond donors (Lipinski definition) is 0. The number of aryl methyl sites for hydroxylation is 1. The van der Waals surface area contributed by atoms with Crippen molar-refractivity contribution in [2.75, 3.05) is 18.0 Å². The highest BCUT2D eigenvalue weighted by molar-refractivity contribution is 7.20. The Hall–Kier alpha value is -1.95. The van der Waals surface area contributed by atoms with Crippen molar-refractivity contribution in [3.8, 4) is 10.6 Å². The molecule has 0 radical (unpaired) electrons. The maximum absolute atomic E-state index is 4.90. The van der Waals surface area contributed by atoms with Gasteiger partial charge in [0.25, 0.3) is 0 Å². The summed E-state index contributed by atoms with van der Waals surface area (Å²) in [7, 11) is 0. The fourth-order valence-corrected chi connectivity index (χ4v) is 4.08. The lowest BCUT2D eigenvalue weighted by atomic mass is 10.1. The fraction of sp³-hybridized carbons (Fsp3) is 0.400. The molecule has 4 heterocycles. The summed E-state index contributed by atoms with van der Waals surface area (Å²) in [6.45, 7) is 2.18. The van der Waals surface area contributed by atoms with Crippen LogP contribution in [0.25, 0.3) is 15.5 Å². The third kappa shape index (κ3) is 1.72. The van der Waals surface area contributed by atoms with Gasteiger partial charge in [0.2, 0.25) is 5.95 Å². The minimum atomic E-state index is 0.919. The molecule has 3 aromatic rings. The first-order valence-electron chi connectivity index (χ1n) is 7.46. The highest BCUT2D eigenvalue weighted by Crippen LogP contribution is 2.35. The second-order valence-electron chi connectivity index (χ2n) is 5.70. The molecule has 1 aliphatic carbocycles. The van der Waals surface area contributed by atoms with Crippen LogP contribution in [0.5, 0.6) is 0 Å².